The zero-order valence-electron chi connectivity index (χ0n) is 10.5. The number of amides is 1. The van der Waals surface area contributed by atoms with Crippen LogP contribution in [0.5, 0.6) is 0 Å². The molecular weight excluding hydrogens is 242 g/mol. The molecule has 1 amide bonds. The number of hydrogen-bond acceptors (Lipinski definition) is 6. The number of carbonyl (C=O) groups excluding carboxylic acids is 4. The highest BCUT2D eigenvalue weighted by Gasteiger charge is 2.44. The van der Waals surface area contributed by atoms with Crippen molar-refractivity contribution in [2.75, 3.05) is 7.11 Å². The van der Waals surface area contributed by atoms with E-state index in [1.54, 1.807) is 0 Å². The Labute approximate surface area is 104 Å². The van der Waals surface area contributed by atoms with E-state index in [9.17, 15) is 19.2 Å². The predicted molar refractivity (Wildman–Crippen MR) is 58.1 cm³/mol. The summed E-state index contributed by atoms with van der Waals surface area (Å²) in [6.45, 7) is 2.32. The molecule has 1 rings (SSSR count). The van der Waals surface area contributed by atoms with Gasteiger partial charge in [-0.15, -0.1) is 0 Å². The molecule has 7 nitrogen and oxygen atoms in total. The van der Waals surface area contributed by atoms with Crippen LogP contribution in [0.4, 0.5) is 0 Å². The van der Waals surface area contributed by atoms with E-state index in [0.717, 1.165) is 11.8 Å². The van der Waals surface area contributed by atoms with Crippen LogP contribution >= 0.6 is 0 Å². The lowest BCUT2D eigenvalue weighted by Crippen LogP contribution is -2.50. The second kappa shape index (κ2) is 5.61. The van der Waals surface area contributed by atoms with Crippen molar-refractivity contribution < 1.29 is 28.7 Å². The van der Waals surface area contributed by atoms with E-state index in [1.807, 2.05) is 0 Å². The summed E-state index contributed by atoms with van der Waals surface area (Å²) in [7, 11) is 1.19. The van der Waals surface area contributed by atoms with Crippen LogP contribution in [0.1, 0.15) is 26.7 Å². The Morgan fingerprint density at radius 3 is 2.39 bits per heavy atom. The van der Waals surface area contributed by atoms with E-state index in [0.29, 0.717) is 0 Å². The maximum atomic E-state index is 11.7. The highest BCUT2D eigenvalue weighted by atomic mass is 16.6. The molecule has 0 bridgehead atoms. The van der Waals surface area contributed by atoms with Crippen LogP contribution in [0.2, 0.25) is 0 Å². The van der Waals surface area contributed by atoms with E-state index in [1.165, 1.54) is 14.0 Å². The smallest absolute Gasteiger partial charge is 0.328 e. The predicted octanol–water partition coefficient (Wildman–Crippen LogP) is -0.371. The van der Waals surface area contributed by atoms with Gasteiger partial charge in [0, 0.05) is 20.3 Å². The van der Waals surface area contributed by atoms with E-state index in [-0.39, 0.29) is 12.8 Å². The zero-order valence-corrected chi connectivity index (χ0v) is 10.5. The van der Waals surface area contributed by atoms with Gasteiger partial charge in [-0.2, -0.15) is 0 Å². The fraction of sp³-hybridized carbons (Fsp3) is 0.636. The average Bonchev–Trinajstić information content (AvgIpc) is 2.66. The number of rotatable bonds is 4. The molecule has 1 aliphatic rings. The second-order valence-corrected chi connectivity index (χ2v) is 3.95. The van der Waals surface area contributed by atoms with Crippen LogP contribution in [0.3, 0.4) is 0 Å². The minimum Gasteiger partial charge on any atom is -0.467 e. The molecule has 7 heteroatoms. The normalized spacial score (nSPS) is 20.5. The number of methoxy groups -OCH3 is 1. The molecule has 0 N–H and O–H groups in total. The Bertz CT molecular complexity index is 391. The van der Waals surface area contributed by atoms with Gasteiger partial charge in [0.15, 0.2) is 5.78 Å². The molecule has 1 aliphatic heterocycles. The van der Waals surface area contributed by atoms with Crippen LogP contribution < -0.4 is 0 Å². The summed E-state index contributed by atoms with van der Waals surface area (Å²) < 4.78 is 9.36. The van der Waals surface area contributed by atoms with Crippen molar-refractivity contribution in [3.63, 3.8) is 0 Å². The summed E-state index contributed by atoms with van der Waals surface area (Å²) in [4.78, 5) is 46.6. The highest BCUT2D eigenvalue weighted by Crippen LogP contribution is 2.23. The molecular formula is C11H15NO6. The lowest BCUT2D eigenvalue weighted by atomic mass is 10.2. The summed E-state index contributed by atoms with van der Waals surface area (Å²) in [5.74, 6) is -2.25. The van der Waals surface area contributed by atoms with Crippen molar-refractivity contribution in [1.29, 1.82) is 0 Å². The molecule has 0 aliphatic carbocycles. The van der Waals surface area contributed by atoms with Gasteiger partial charge in [0.2, 0.25) is 12.1 Å². The number of nitrogens with zero attached hydrogens (tertiary/aromatic N) is 1. The maximum absolute atomic E-state index is 11.7. The standard InChI is InChI=1S/C11H15NO6/c1-6(13)10(18-7(2)14)12-8(11(16)17-3)4-5-9(12)15/h8,10H,4-5H2,1-3H3. The van der Waals surface area contributed by atoms with Crippen LogP contribution in [-0.2, 0) is 28.7 Å². The Morgan fingerprint density at radius 1 is 1.33 bits per heavy atom. The molecule has 0 spiro atoms. The van der Waals surface area contributed by atoms with Gasteiger partial charge in [-0.3, -0.25) is 19.3 Å². The molecule has 0 aromatic carbocycles. The average molecular weight is 257 g/mol. The third-order valence-corrected chi connectivity index (χ3v) is 2.61. The van der Waals surface area contributed by atoms with Gasteiger partial charge in [-0.05, 0) is 6.42 Å². The largest absolute Gasteiger partial charge is 0.467 e. The quantitative estimate of drug-likeness (QED) is 0.638. The second-order valence-electron chi connectivity index (χ2n) is 3.95. The summed E-state index contributed by atoms with van der Waals surface area (Å²) in [5, 5.41) is 0. The SMILES string of the molecule is COC(=O)C1CCC(=O)N1C(OC(C)=O)C(C)=O. The number of ketones is 1. The minimum absolute atomic E-state index is 0.116. The lowest BCUT2D eigenvalue weighted by Gasteiger charge is -2.29. The number of Topliss-reactive ketones (excluding diaryl/α,β-unsaturated/α-hetero) is 1. The van der Waals surface area contributed by atoms with E-state index < -0.39 is 35.9 Å². The molecule has 0 aromatic heterocycles. The van der Waals surface area contributed by atoms with E-state index in [2.05, 4.69) is 4.74 Å². The molecule has 18 heavy (non-hydrogen) atoms. The van der Waals surface area contributed by atoms with Gasteiger partial charge in [0.1, 0.15) is 6.04 Å². The first-order chi connectivity index (χ1) is 8.38. The summed E-state index contributed by atoms with van der Waals surface area (Å²) in [5.41, 5.74) is 0. The molecule has 2 atom stereocenters. The van der Waals surface area contributed by atoms with E-state index in [4.69, 9.17) is 4.74 Å². The number of ether oxygens (including phenoxy) is 2. The van der Waals surface area contributed by atoms with Crippen molar-refractivity contribution >= 4 is 23.6 Å². The lowest BCUT2D eigenvalue weighted by molar-refractivity contribution is -0.174. The topological polar surface area (TPSA) is 90.0 Å². The Balaban J connectivity index is 2.98. The molecule has 2 unspecified atom stereocenters. The number of likely N-dealkylation sites (tertiary alicyclic amines) is 1. The van der Waals surface area contributed by atoms with Gasteiger partial charge >= 0.3 is 11.9 Å². The molecule has 0 aromatic rings. The van der Waals surface area contributed by atoms with Crippen molar-refractivity contribution in [3.05, 3.63) is 0 Å². The van der Waals surface area contributed by atoms with Crippen molar-refractivity contribution in [3.8, 4) is 0 Å². The van der Waals surface area contributed by atoms with Gasteiger partial charge in [-0.25, -0.2) is 4.79 Å². The van der Waals surface area contributed by atoms with Gasteiger partial charge < -0.3 is 9.47 Å². The highest BCUT2D eigenvalue weighted by molar-refractivity contribution is 5.93. The summed E-state index contributed by atoms with van der Waals surface area (Å²) in [6, 6.07) is -0.879. The molecule has 0 radical (unpaired) electrons. The fourth-order valence-electron chi connectivity index (χ4n) is 1.86. The first kappa shape index (κ1) is 14.1. The first-order valence-electron chi connectivity index (χ1n) is 5.45. The van der Waals surface area contributed by atoms with Gasteiger partial charge in [-0.1, -0.05) is 0 Å². The van der Waals surface area contributed by atoms with Crippen LogP contribution in [0.25, 0.3) is 0 Å². The van der Waals surface area contributed by atoms with Gasteiger partial charge in [0.05, 0.1) is 7.11 Å². The summed E-state index contributed by atoms with van der Waals surface area (Å²) >= 11 is 0. The third-order valence-electron chi connectivity index (χ3n) is 2.61. The minimum atomic E-state index is -1.36. The van der Waals surface area contributed by atoms with Crippen molar-refractivity contribution in [1.82, 2.24) is 4.90 Å². The van der Waals surface area contributed by atoms with Crippen molar-refractivity contribution in [2.45, 2.75) is 39.0 Å². The number of esters is 2. The van der Waals surface area contributed by atoms with Crippen LogP contribution in [-0.4, -0.2) is 47.9 Å². The molecule has 1 fully saturated rings. The number of carbonyl (C=O) groups is 4. The number of hydrogen-bond donors (Lipinski definition) is 0. The fourth-order valence-corrected chi connectivity index (χ4v) is 1.86. The van der Waals surface area contributed by atoms with Crippen LogP contribution in [0, 0.1) is 0 Å². The zero-order chi connectivity index (χ0) is 13.9. The Morgan fingerprint density at radius 2 is 1.94 bits per heavy atom. The summed E-state index contributed by atoms with van der Waals surface area (Å²) in [6.07, 6.45) is -0.997. The molecule has 100 valence electrons. The molecule has 1 heterocycles. The van der Waals surface area contributed by atoms with Crippen LogP contribution in [0.15, 0.2) is 0 Å². The monoisotopic (exact) mass is 257 g/mol. The Kier molecular flexibility index (Phi) is 4.41. The van der Waals surface area contributed by atoms with E-state index >= 15 is 0 Å². The first-order valence-corrected chi connectivity index (χ1v) is 5.45. The maximum Gasteiger partial charge on any atom is 0.328 e. The molecule has 0 saturated carbocycles. The Hall–Kier alpha value is -1.92. The molecule has 1 saturated heterocycles. The third kappa shape index (κ3) is 2.85. The van der Waals surface area contributed by atoms with Gasteiger partial charge in [0.25, 0.3) is 0 Å². The van der Waals surface area contributed by atoms with Crippen molar-refractivity contribution in [2.24, 2.45) is 0 Å².